The molecule has 0 spiro atoms. The summed E-state index contributed by atoms with van der Waals surface area (Å²) < 4.78 is 0. The molecular weight excluding hydrogens is 206 g/mol. The van der Waals surface area contributed by atoms with Crippen LogP contribution in [0.3, 0.4) is 0 Å². The molecule has 1 amide bonds. The predicted octanol–water partition coefficient (Wildman–Crippen LogP) is 1.28. The molecule has 1 rings (SSSR count). The maximum atomic E-state index is 11.7. The Morgan fingerprint density at radius 1 is 1.44 bits per heavy atom. The lowest BCUT2D eigenvalue weighted by atomic mass is 10.1. The monoisotopic (exact) mass is 223 g/mol. The highest BCUT2D eigenvalue weighted by Gasteiger charge is 2.11. The quantitative estimate of drug-likeness (QED) is 0.720. The van der Waals surface area contributed by atoms with Crippen molar-refractivity contribution in [3.63, 3.8) is 0 Å². The number of aliphatic hydroxyl groups is 1. The number of benzene rings is 1. The molecule has 2 unspecified atom stereocenters. The van der Waals surface area contributed by atoms with Gasteiger partial charge in [-0.05, 0) is 38.5 Å². The first-order valence-electron chi connectivity index (χ1n) is 5.27. The van der Waals surface area contributed by atoms with E-state index in [4.69, 9.17) is 5.11 Å². The van der Waals surface area contributed by atoms with E-state index in [1.807, 2.05) is 6.92 Å². The van der Waals surface area contributed by atoms with Crippen LogP contribution in [0.5, 0.6) is 5.75 Å². The van der Waals surface area contributed by atoms with Gasteiger partial charge in [0.2, 0.25) is 0 Å². The summed E-state index contributed by atoms with van der Waals surface area (Å²) >= 11 is 0. The van der Waals surface area contributed by atoms with Gasteiger partial charge in [0.05, 0.1) is 6.10 Å². The highest BCUT2D eigenvalue weighted by atomic mass is 16.3. The number of amides is 1. The molecule has 0 aromatic heterocycles. The van der Waals surface area contributed by atoms with Crippen LogP contribution in [-0.4, -0.2) is 28.3 Å². The second-order valence-electron chi connectivity index (χ2n) is 4.01. The normalized spacial score (nSPS) is 14.2. The van der Waals surface area contributed by atoms with Gasteiger partial charge in [0.15, 0.2) is 0 Å². The zero-order valence-corrected chi connectivity index (χ0v) is 9.47. The van der Waals surface area contributed by atoms with Crippen LogP contribution >= 0.6 is 0 Å². The van der Waals surface area contributed by atoms with Crippen molar-refractivity contribution >= 4 is 5.91 Å². The second kappa shape index (κ2) is 5.51. The van der Waals surface area contributed by atoms with E-state index in [0.717, 1.165) is 0 Å². The molecule has 1 aromatic carbocycles. The van der Waals surface area contributed by atoms with Gasteiger partial charge in [-0.25, -0.2) is 0 Å². The first kappa shape index (κ1) is 12.5. The molecule has 0 radical (unpaired) electrons. The number of aliphatic hydroxyl groups excluding tert-OH is 1. The molecule has 0 heterocycles. The molecule has 0 saturated carbocycles. The number of hydrogen-bond acceptors (Lipinski definition) is 3. The summed E-state index contributed by atoms with van der Waals surface area (Å²) in [6.07, 6.45) is 0.0596. The zero-order chi connectivity index (χ0) is 12.1. The van der Waals surface area contributed by atoms with Crippen LogP contribution in [0.25, 0.3) is 0 Å². The van der Waals surface area contributed by atoms with Crippen LogP contribution in [0.2, 0.25) is 0 Å². The highest BCUT2D eigenvalue weighted by Crippen LogP contribution is 2.11. The third kappa shape index (κ3) is 3.90. The average Bonchev–Trinajstić information content (AvgIpc) is 2.16. The van der Waals surface area contributed by atoms with E-state index in [1.165, 1.54) is 12.1 Å². The Morgan fingerprint density at radius 3 is 2.69 bits per heavy atom. The number of phenols is 1. The van der Waals surface area contributed by atoms with Crippen LogP contribution in [0.15, 0.2) is 24.3 Å². The first-order chi connectivity index (χ1) is 7.49. The van der Waals surface area contributed by atoms with Gasteiger partial charge < -0.3 is 15.5 Å². The van der Waals surface area contributed by atoms with E-state index in [-0.39, 0.29) is 17.7 Å². The topological polar surface area (TPSA) is 69.6 Å². The number of aromatic hydroxyl groups is 1. The number of nitrogens with one attached hydrogen (secondary N) is 1. The van der Waals surface area contributed by atoms with Gasteiger partial charge in [0, 0.05) is 11.6 Å². The number of rotatable bonds is 4. The SMILES string of the molecule is CC(O)CC(C)NC(=O)c1cccc(O)c1. The van der Waals surface area contributed by atoms with Crippen LogP contribution in [0.4, 0.5) is 0 Å². The third-order valence-corrected chi connectivity index (χ3v) is 2.18. The summed E-state index contributed by atoms with van der Waals surface area (Å²) in [6, 6.07) is 6.06. The summed E-state index contributed by atoms with van der Waals surface area (Å²) in [7, 11) is 0. The van der Waals surface area contributed by atoms with Gasteiger partial charge in [-0.3, -0.25) is 4.79 Å². The minimum Gasteiger partial charge on any atom is -0.508 e. The Labute approximate surface area is 94.9 Å². The molecule has 0 aliphatic rings. The maximum Gasteiger partial charge on any atom is 0.251 e. The number of hydrogen-bond donors (Lipinski definition) is 3. The van der Waals surface area contributed by atoms with E-state index in [9.17, 15) is 9.90 Å². The van der Waals surface area contributed by atoms with E-state index < -0.39 is 6.10 Å². The second-order valence-corrected chi connectivity index (χ2v) is 4.01. The fourth-order valence-electron chi connectivity index (χ4n) is 1.52. The molecule has 0 bridgehead atoms. The number of carbonyl (C=O) groups is 1. The summed E-state index contributed by atoms with van der Waals surface area (Å²) in [5.41, 5.74) is 0.414. The van der Waals surface area contributed by atoms with Crippen molar-refractivity contribution in [3.05, 3.63) is 29.8 Å². The van der Waals surface area contributed by atoms with E-state index in [1.54, 1.807) is 19.1 Å². The number of phenolic OH excluding ortho intramolecular Hbond substituents is 1. The minimum atomic E-state index is -0.445. The van der Waals surface area contributed by atoms with Crippen LogP contribution in [0.1, 0.15) is 30.6 Å². The predicted molar refractivity (Wildman–Crippen MR) is 61.3 cm³/mol. The molecule has 3 N–H and O–H groups in total. The largest absolute Gasteiger partial charge is 0.508 e. The third-order valence-electron chi connectivity index (χ3n) is 2.18. The highest BCUT2D eigenvalue weighted by molar-refractivity contribution is 5.94. The van der Waals surface area contributed by atoms with Gasteiger partial charge >= 0.3 is 0 Å². The van der Waals surface area contributed by atoms with Crippen LogP contribution in [-0.2, 0) is 0 Å². The molecule has 2 atom stereocenters. The summed E-state index contributed by atoms with van der Waals surface area (Å²) in [5, 5.41) is 21.1. The number of carbonyl (C=O) groups excluding carboxylic acids is 1. The summed E-state index contributed by atoms with van der Waals surface area (Å²) in [6.45, 7) is 3.50. The van der Waals surface area contributed by atoms with Crippen molar-refractivity contribution in [2.75, 3.05) is 0 Å². The molecule has 4 nitrogen and oxygen atoms in total. The molecule has 1 aromatic rings. The smallest absolute Gasteiger partial charge is 0.251 e. The summed E-state index contributed by atoms with van der Waals surface area (Å²) in [4.78, 5) is 11.7. The molecule has 16 heavy (non-hydrogen) atoms. The van der Waals surface area contributed by atoms with Crippen molar-refractivity contribution in [1.82, 2.24) is 5.32 Å². The van der Waals surface area contributed by atoms with Crippen molar-refractivity contribution in [1.29, 1.82) is 0 Å². The lowest BCUT2D eigenvalue weighted by Crippen LogP contribution is -2.34. The Hall–Kier alpha value is -1.55. The standard InChI is InChI=1S/C12H17NO3/c1-8(6-9(2)14)13-12(16)10-4-3-5-11(15)7-10/h3-5,7-9,14-15H,6H2,1-2H3,(H,13,16). The maximum absolute atomic E-state index is 11.7. The minimum absolute atomic E-state index is 0.0656. The molecule has 88 valence electrons. The lowest BCUT2D eigenvalue weighted by molar-refractivity contribution is 0.0922. The Morgan fingerprint density at radius 2 is 2.12 bits per heavy atom. The fraction of sp³-hybridized carbons (Fsp3) is 0.417. The van der Waals surface area contributed by atoms with E-state index in [0.29, 0.717) is 12.0 Å². The van der Waals surface area contributed by atoms with Crippen LogP contribution in [0, 0.1) is 0 Å². The zero-order valence-electron chi connectivity index (χ0n) is 9.47. The Bertz CT molecular complexity index is 363. The van der Waals surface area contributed by atoms with Crippen LogP contribution < -0.4 is 5.32 Å². The molecule has 0 aliphatic heterocycles. The average molecular weight is 223 g/mol. The first-order valence-corrected chi connectivity index (χ1v) is 5.27. The molecule has 0 aliphatic carbocycles. The Kier molecular flexibility index (Phi) is 4.31. The Balaban J connectivity index is 2.59. The fourth-order valence-corrected chi connectivity index (χ4v) is 1.52. The molecule has 0 saturated heterocycles. The van der Waals surface area contributed by atoms with Gasteiger partial charge in [-0.15, -0.1) is 0 Å². The lowest BCUT2D eigenvalue weighted by Gasteiger charge is -2.15. The summed E-state index contributed by atoms with van der Waals surface area (Å²) in [5.74, 6) is -0.181. The van der Waals surface area contributed by atoms with Gasteiger partial charge in [-0.1, -0.05) is 6.07 Å². The van der Waals surface area contributed by atoms with Crippen molar-refractivity contribution in [2.45, 2.75) is 32.4 Å². The molecular formula is C12H17NO3. The van der Waals surface area contributed by atoms with Gasteiger partial charge in [0.25, 0.3) is 5.91 Å². The molecule has 4 heteroatoms. The van der Waals surface area contributed by atoms with Crippen molar-refractivity contribution < 1.29 is 15.0 Å². The van der Waals surface area contributed by atoms with Crippen molar-refractivity contribution in [3.8, 4) is 5.75 Å². The van der Waals surface area contributed by atoms with E-state index >= 15 is 0 Å². The van der Waals surface area contributed by atoms with Gasteiger partial charge in [0.1, 0.15) is 5.75 Å². The van der Waals surface area contributed by atoms with E-state index in [2.05, 4.69) is 5.32 Å². The molecule has 0 fully saturated rings. The van der Waals surface area contributed by atoms with Crippen molar-refractivity contribution in [2.24, 2.45) is 0 Å². The van der Waals surface area contributed by atoms with Gasteiger partial charge in [-0.2, -0.15) is 0 Å².